The molecule has 0 bridgehead atoms. The molecule has 146 valence electrons. The van der Waals surface area contributed by atoms with Gasteiger partial charge >= 0.3 is 0 Å². The summed E-state index contributed by atoms with van der Waals surface area (Å²) in [6.45, 7) is 0.222. The lowest BCUT2D eigenvalue weighted by Crippen LogP contribution is -2.24. The van der Waals surface area contributed by atoms with E-state index in [9.17, 15) is 4.79 Å². The Kier molecular flexibility index (Phi) is 7.40. The number of methoxy groups -OCH3 is 5. The van der Waals surface area contributed by atoms with Gasteiger partial charge in [-0.25, -0.2) is 0 Å². The molecule has 2 aromatic rings. The smallest absolute Gasteiger partial charge is 0.252 e. The maximum atomic E-state index is 12.7. The van der Waals surface area contributed by atoms with Gasteiger partial charge in [0.15, 0.2) is 11.5 Å². The van der Waals surface area contributed by atoms with Gasteiger partial charge in [0, 0.05) is 15.7 Å². The third kappa shape index (κ3) is 4.68. The fourth-order valence-corrected chi connectivity index (χ4v) is 3.23. The molecule has 1 N–H and O–H groups in total. The van der Waals surface area contributed by atoms with Gasteiger partial charge in [0.05, 0.1) is 53.2 Å². The van der Waals surface area contributed by atoms with Crippen LogP contribution in [0.25, 0.3) is 0 Å². The number of amides is 1. The van der Waals surface area contributed by atoms with Crippen LogP contribution in [0.1, 0.15) is 15.9 Å². The van der Waals surface area contributed by atoms with E-state index >= 15 is 0 Å². The molecule has 27 heavy (non-hydrogen) atoms. The van der Waals surface area contributed by atoms with Gasteiger partial charge in [-0.15, -0.1) is 0 Å². The molecule has 0 unspecified atom stereocenters. The molecule has 7 nitrogen and oxygen atoms in total. The van der Waals surface area contributed by atoms with Gasteiger partial charge in [0.25, 0.3) is 5.91 Å². The van der Waals surface area contributed by atoms with Crippen LogP contribution in [0.3, 0.4) is 0 Å². The fourth-order valence-electron chi connectivity index (χ4n) is 2.54. The second kappa shape index (κ2) is 9.54. The molecule has 0 aliphatic heterocycles. The van der Waals surface area contributed by atoms with Gasteiger partial charge in [0.1, 0.15) is 17.2 Å². The summed E-state index contributed by atoms with van der Waals surface area (Å²) in [4.78, 5) is 12.7. The molecule has 0 atom stereocenters. The highest BCUT2D eigenvalue weighted by Gasteiger charge is 2.18. The van der Waals surface area contributed by atoms with Crippen LogP contribution >= 0.6 is 22.6 Å². The Morgan fingerprint density at radius 3 is 1.81 bits per heavy atom. The summed E-state index contributed by atoms with van der Waals surface area (Å²) < 4.78 is 27.3. The minimum Gasteiger partial charge on any atom is -0.496 e. The molecule has 0 radical (unpaired) electrons. The van der Waals surface area contributed by atoms with Crippen LogP contribution in [-0.4, -0.2) is 41.5 Å². The van der Waals surface area contributed by atoms with E-state index < -0.39 is 0 Å². The van der Waals surface area contributed by atoms with Crippen molar-refractivity contribution in [2.24, 2.45) is 0 Å². The van der Waals surface area contributed by atoms with Crippen LogP contribution in [-0.2, 0) is 6.54 Å². The Bertz CT molecular complexity index is 799. The molecule has 0 heterocycles. The van der Waals surface area contributed by atoms with Crippen molar-refractivity contribution in [1.29, 1.82) is 0 Å². The van der Waals surface area contributed by atoms with Crippen LogP contribution < -0.4 is 29.0 Å². The third-order valence-electron chi connectivity index (χ3n) is 3.96. The summed E-state index contributed by atoms with van der Waals surface area (Å²) >= 11 is 2.09. The number of ether oxygens (including phenoxy) is 5. The third-order valence-corrected chi connectivity index (χ3v) is 4.85. The van der Waals surface area contributed by atoms with E-state index in [-0.39, 0.29) is 12.5 Å². The first-order valence-corrected chi connectivity index (χ1v) is 9.05. The van der Waals surface area contributed by atoms with Crippen molar-refractivity contribution < 1.29 is 28.5 Å². The molecule has 0 aromatic heterocycles. The summed E-state index contributed by atoms with van der Waals surface area (Å²) in [5.74, 6) is 2.54. The van der Waals surface area contributed by atoms with Crippen molar-refractivity contribution in [3.8, 4) is 28.7 Å². The molecular formula is C19H22INO6. The first-order chi connectivity index (χ1) is 13.0. The summed E-state index contributed by atoms with van der Waals surface area (Å²) in [7, 11) is 7.75. The van der Waals surface area contributed by atoms with Crippen molar-refractivity contribution in [2.75, 3.05) is 35.5 Å². The molecule has 8 heteroatoms. The highest BCUT2D eigenvalue weighted by Crippen LogP contribution is 2.34. The first-order valence-electron chi connectivity index (χ1n) is 7.97. The summed E-state index contributed by atoms with van der Waals surface area (Å²) in [5, 5.41) is 2.89. The fraction of sp³-hybridized carbons (Fsp3) is 0.316. The van der Waals surface area contributed by atoms with Crippen LogP contribution in [0.4, 0.5) is 0 Å². The maximum Gasteiger partial charge on any atom is 0.252 e. The number of hydrogen-bond donors (Lipinski definition) is 1. The normalized spacial score (nSPS) is 10.1. The van der Waals surface area contributed by atoms with E-state index in [1.165, 1.54) is 7.11 Å². The van der Waals surface area contributed by atoms with Crippen LogP contribution in [0, 0.1) is 3.57 Å². The molecule has 0 saturated heterocycles. The van der Waals surface area contributed by atoms with Crippen LogP contribution in [0.2, 0.25) is 0 Å². The Morgan fingerprint density at radius 1 is 0.815 bits per heavy atom. The zero-order chi connectivity index (χ0) is 20.0. The molecule has 2 aromatic carbocycles. The molecule has 2 rings (SSSR count). The molecule has 1 amide bonds. The average Bonchev–Trinajstić information content (AvgIpc) is 2.70. The Labute approximate surface area is 172 Å². The summed E-state index contributed by atoms with van der Waals surface area (Å²) in [6.07, 6.45) is 0. The molecule has 0 saturated carbocycles. The van der Waals surface area contributed by atoms with E-state index in [1.807, 2.05) is 0 Å². The standard InChI is InChI=1S/C19H22INO6/c1-23-11-6-15(24-2)13(16(7-11)25-3)10-21-19(22)12-8-17(26-4)18(27-5)9-14(12)20/h6-9H,10H2,1-5H3,(H,21,22). The monoisotopic (exact) mass is 487 g/mol. The van der Waals surface area contributed by atoms with E-state index in [1.54, 1.807) is 52.7 Å². The van der Waals surface area contributed by atoms with Gasteiger partial charge in [-0.1, -0.05) is 0 Å². The zero-order valence-corrected chi connectivity index (χ0v) is 18.0. The Hall–Kier alpha value is -2.36. The van der Waals surface area contributed by atoms with Gasteiger partial charge in [-0.05, 0) is 34.7 Å². The van der Waals surface area contributed by atoms with Crippen molar-refractivity contribution >= 4 is 28.5 Å². The number of carbonyl (C=O) groups is 1. The van der Waals surface area contributed by atoms with Gasteiger partial charge < -0.3 is 29.0 Å². The topological polar surface area (TPSA) is 75.3 Å². The minimum absolute atomic E-state index is 0.222. The highest BCUT2D eigenvalue weighted by molar-refractivity contribution is 14.1. The number of hydrogen-bond acceptors (Lipinski definition) is 6. The molecule has 0 aliphatic rings. The molecule has 0 fully saturated rings. The van der Waals surface area contributed by atoms with E-state index in [0.29, 0.717) is 39.9 Å². The number of carbonyl (C=O) groups excluding carboxylic acids is 1. The minimum atomic E-state index is -0.250. The average molecular weight is 487 g/mol. The maximum absolute atomic E-state index is 12.7. The second-order valence-electron chi connectivity index (χ2n) is 5.38. The second-order valence-corrected chi connectivity index (χ2v) is 6.54. The largest absolute Gasteiger partial charge is 0.496 e. The SMILES string of the molecule is COc1cc(OC)c(CNC(=O)c2cc(OC)c(OC)cc2I)c(OC)c1. The van der Waals surface area contributed by atoms with E-state index in [4.69, 9.17) is 23.7 Å². The van der Waals surface area contributed by atoms with Crippen LogP contribution in [0.15, 0.2) is 24.3 Å². The van der Waals surface area contributed by atoms with Crippen molar-refractivity contribution in [1.82, 2.24) is 5.32 Å². The lowest BCUT2D eigenvalue weighted by atomic mass is 10.1. The quantitative estimate of drug-likeness (QED) is 0.577. The first kappa shape index (κ1) is 20.9. The predicted molar refractivity (Wildman–Crippen MR) is 110 cm³/mol. The summed E-state index contributed by atoms with van der Waals surface area (Å²) in [6, 6.07) is 6.88. The van der Waals surface area contributed by atoms with Crippen LogP contribution in [0.5, 0.6) is 28.7 Å². The van der Waals surface area contributed by atoms with Crippen molar-refractivity contribution in [3.63, 3.8) is 0 Å². The predicted octanol–water partition coefficient (Wildman–Crippen LogP) is 3.26. The zero-order valence-electron chi connectivity index (χ0n) is 15.8. The number of benzene rings is 2. The van der Waals surface area contributed by atoms with Crippen molar-refractivity contribution in [3.05, 3.63) is 39.0 Å². The number of nitrogens with one attached hydrogen (secondary N) is 1. The van der Waals surface area contributed by atoms with Gasteiger partial charge in [-0.2, -0.15) is 0 Å². The van der Waals surface area contributed by atoms with Gasteiger partial charge in [-0.3, -0.25) is 4.79 Å². The lowest BCUT2D eigenvalue weighted by molar-refractivity contribution is 0.0949. The van der Waals surface area contributed by atoms with Crippen molar-refractivity contribution in [2.45, 2.75) is 6.54 Å². The Morgan fingerprint density at radius 2 is 1.33 bits per heavy atom. The molecule has 0 aliphatic carbocycles. The number of halogens is 1. The summed E-state index contributed by atoms with van der Waals surface area (Å²) in [5.41, 5.74) is 1.20. The molecular weight excluding hydrogens is 465 g/mol. The van der Waals surface area contributed by atoms with Gasteiger partial charge in [0.2, 0.25) is 0 Å². The Balaban J connectivity index is 2.28. The lowest BCUT2D eigenvalue weighted by Gasteiger charge is -2.16. The van der Waals surface area contributed by atoms with E-state index in [2.05, 4.69) is 27.9 Å². The number of rotatable bonds is 8. The van der Waals surface area contributed by atoms with E-state index in [0.717, 1.165) is 3.57 Å². The molecule has 0 spiro atoms. The highest BCUT2D eigenvalue weighted by atomic mass is 127.